The molecule has 2 heteroatoms. The van der Waals surface area contributed by atoms with Gasteiger partial charge in [0.25, 0.3) is 0 Å². The molecule has 176 valence electrons. The minimum Gasteiger partial charge on any atom is -0.393 e. The fourth-order valence-electron chi connectivity index (χ4n) is 8.91. The first-order valence-electron chi connectivity index (χ1n) is 13.2. The summed E-state index contributed by atoms with van der Waals surface area (Å²) in [7, 11) is 0. The van der Waals surface area contributed by atoms with Gasteiger partial charge >= 0.3 is 0 Å². The topological polar surface area (TPSA) is 32.3 Å². The first kappa shape index (κ1) is 23.6. The average Bonchev–Trinajstić information content (AvgIpc) is 2.96. The Balaban J connectivity index is 1.65. The lowest BCUT2D eigenvalue weighted by atomic mass is 9.44. The van der Waals surface area contributed by atoms with Crippen LogP contribution in [0.1, 0.15) is 107 Å². The second kappa shape index (κ2) is 7.73. The van der Waals surface area contributed by atoms with Gasteiger partial charge in [0.05, 0.1) is 6.10 Å². The summed E-state index contributed by atoms with van der Waals surface area (Å²) in [6.07, 6.45) is 12.0. The summed E-state index contributed by atoms with van der Waals surface area (Å²) in [6, 6.07) is 0. The predicted octanol–water partition coefficient (Wildman–Crippen LogP) is 7.04. The Morgan fingerprint density at radius 2 is 1.77 bits per heavy atom. The van der Waals surface area contributed by atoms with E-state index in [1.54, 1.807) is 11.1 Å². The number of rotatable bonds is 4. The second-order valence-corrected chi connectivity index (χ2v) is 13.2. The molecule has 0 spiro atoms. The maximum absolute atomic E-state index is 10.8. The van der Waals surface area contributed by atoms with Crippen LogP contribution in [-0.4, -0.2) is 23.3 Å². The van der Waals surface area contributed by atoms with Crippen LogP contribution >= 0.6 is 0 Å². The maximum Gasteiger partial charge on any atom is 0.0594 e. The van der Waals surface area contributed by atoms with Crippen molar-refractivity contribution in [3.8, 4) is 0 Å². The van der Waals surface area contributed by atoms with Gasteiger partial charge in [0.15, 0.2) is 0 Å². The highest BCUT2D eigenvalue weighted by Gasteiger charge is 2.63. The minimum atomic E-state index is -0.146. The van der Waals surface area contributed by atoms with E-state index in [-0.39, 0.29) is 22.5 Å². The lowest BCUT2D eigenvalue weighted by Crippen LogP contribution is -2.59. The molecular formula is C29H49NO. The largest absolute Gasteiger partial charge is 0.393 e. The van der Waals surface area contributed by atoms with E-state index in [1.165, 1.54) is 50.6 Å². The molecule has 1 aliphatic heterocycles. The van der Waals surface area contributed by atoms with Crippen LogP contribution in [-0.2, 0) is 0 Å². The number of fused-ring (bicyclic) bond motifs is 4. The molecule has 4 rings (SSSR count). The highest BCUT2D eigenvalue weighted by Crippen LogP contribution is 2.67. The van der Waals surface area contributed by atoms with Crippen LogP contribution in [0.3, 0.4) is 0 Å². The van der Waals surface area contributed by atoms with Crippen LogP contribution in [0, 0.1) is 34.0 Å². The number of hydrogen-bond acceptors (Lipinski definition) is 2. The fourth-order valence-corrected chi connectivity index (χ4v) is 8.91. The number of aliphatic hydroxyl groups excluding tert-OH is 1. The zero-order chi connectivity index (χ0) is 22.8. The quantitative estimate of drug-likeness (QED) is 0.471. The number of allylic oxidation sites excluding steroid dienone is 3. The first-order valence-corrected chi connectivity index (χ1v) is 13.2. The van der Waals surface area contributed by atoms with Gasteiger partial charge in [-0.2, -0.15) is 0 Å². The van der Waals surface area contributed by atoms with Gasteiger partial charge in [0.1, 0.15) is 0 Å². The van der Waals surface area contributed by atoms with Crippen LogP contribution in [0.15, 0.2) is 22.8 Å². The SMILES string of the molecule is CC(C)=CCC[C@@H](C)[C@H]1CN[C@@]2(C)C3=C(CC[C@@]12C)[C@@]1(C)CCC(O)C(C)(C)C1CC3. The zero-order valence-corrected chi connectivity index (χ0v) is 21.7. The van der Waals surface area contributed by atoms with Crippen LogP contribution in [0.4, 0.5) is 0 Å². The zero-order valence-electron chi connectivity index (χ0n) is 21.7. The standard InChI is InChI=1S/C29H49NO/c1-19(2)10-9-11-20(3)23-18-30-29(8)22-12-13-24-26(4,5)25(31)15-16-27(24,6)21(22)14-17-28(23,29)7/h10,20,23-25,30-31H,9,11-18H2,1-8H3/t20-,23-,24?,25?,27-,28+,29+/m1/s1. The van der Waals surface area contributed by atoms with Crippen molar-refractivity contribution in [1.29, 1.82) is 0 Å². The molecule has 0 radical (unpaired) electrons. The van der Waals surface area contributed by atoms with Gasteiger partial charge < -0.3 is 10.4 Å². The highest BCUT2D eigenvalue weighted by atomic mass is 16.3. The normalized spacial score (nSPS) is 44.9. The summed E-state index contributed by atoms with van der Waals surface area (Å²) in [4.78, 5) is 0. The van der Waals surface area contributed by atoms with Crippen molar-refractivity contribution < 1.29 is 5.11 Å². The number of aliphatic hydroxyl groups is 1. The highest BCUT2D eigenvalue weighted by molar-refractivity contribution is 5.42. The van der Waals surface area contributed by atoms with Crippen LogP contribution in [0.2, 0.25) is 0 Å². The van der Waals surface area contributed by atoms with Crippen molar-refractivity contribution in [3.05, 3.63) is 22.8 Å². The van der Waals surface area contributed by atoms with Crippen molar-refractivity contribution >= 4 is 0 Å². The second-order valence-electron chi connectivity index (χ2n) is 13.2. The Hall–Kier alpha value is -0.600. The molecule has 2 fully saturated rings. The molecule has 1 heterocycles. The molecule has 2 N–H and O–H groups in total. The lowest BCUT2D eigenvalue weighted by Gasteiger charge is -2.61. The van der Waals surface area contributed by atoms with Crippen LogP contribution in [0.25, 0.3) is 0 Å². The Labute approximate surface area is 192 Å². The molecule has 0 bridgehead atoms. The van der Waals surface area contributed by atoms with Gasteiger partial charge in [0, 0.05) is 5.54 Å². The predicted molar refractivity (Wildman–Crippen MR) is 132 cm³/mol. The summed E-state index contributed by atoms with van der Waals surface area (Å²) >= 11 is 0. The Morgan fingerprint density at radius 3 is 2.45 bits per heavy atom. The molecule has 0 amide bonds. The maximum atomic E-state index is 10.8. The third-order valence-corrected chi connectivity index (χ3v) is 11.2. The minimum absolute atomic E-state index is 0.0261. The third kappa shape index (κ3) is 3.33. The summed E-state index contributed by atoms with van der Waals surface area (Å²) in [5.41, 5.74) is 5.80. The average molecular weight is 428 g/mol. The van der Waals surface area contributed by atoms with Gasteiger partial charge in [-0.25, -0.2) is 0 Å². The molecule has 0 aromatic heterocycles. The molecule has 1 saturated heterocycles. The van der Waals surface area contributed by atoms with Crippen LogP contribution < -0.4 is 5.32 Å². The lowest BCUT2D eigenvalue weighted by molar-refractivity contribution is -0.0938. The van der Waals surface area contributed by atoms with Crippen LogP contribution in [0.5, 0.6) is 0 Å². The Bertz CT molecular complexity index is 774. The van der Waals surface area contributed by atoms with Crippen molar-refractivity contribution in [2.45, 2.75) is 118 Å². The Kier molecular flexibility index (Phi) is 5.87. The van der Waals surface area contributed by atoms with Gasteiger partial charge in [-0.1, -0.05) is 57.4 Å². The summed E-state index contributed by atoms with van der Waals surface area (Å²) in [6.45, 7) is 20.5. The Morgan fingerprint density at radius 1 is 1.06 bits per heavy atom. The van der Waals surface area contributed by atoms with Gasteiger partial charge in [-0.15, -0.1) is 0 Å². The summed E-state index contributed by atoms with van der Waals surface area (Å²) < 4.78 is 0. The van der Waals surface area contributed by atoms with E-state index in [0.29, 0.717) is 11.3 Å². The van der Waals surface area contributed by atoms with Gasteiger partial charge in [0.2, 0.25) is 0 Å². The van der Waals surface area contributed by atoms with Gasteiger partial charge in [-0.05, 0) is 113 Å². The molecule has 7 atom stereocenters. The first-order chi connectivity index (χ1) is 14.4. The molecular weight excluding hydrogens is 378 g/mol. The molecule has 0 aromatic rings. The van der Waals surface area contributed by atoms with E-state index in [4.69, 9.17) is 0 Å². The number of hydrogen-bond donors (Lipinski definition) is 2. The van der Waals surface area contributed by atoms with E-state index in [9.17, 15) is 5.11 Å². The smallest absolute Gasteiger partial charge is 0.0594 e. The van der Waals surface area contributed by atoms with Crippen molar-refractivity contribution in [1.82, 2.24) is 5.32 Å². The number of nitrogens with one attached hydrogen (secondary N) is 1. The van der Waals surface area contributed by atoms with E-state index in [2.05, 4.69) is 66.8 Å². The van der Waals surface area contributed by atoms with E-state index in [1.807, 2.05) is 0 Å². The monoisotopic (exact) mass is 427 g/mol. The van der Waals surface area contributed by atoms with E-state index in [0.717, 1.165) is 24.7 Å². The summed E-state index contributed by atoms with van der Waals surface area (Å²) in [5, 5.41) is 14.9. The van der Waals surface area contributed by atoms with Crippen molar-refractivity contribution in [2.24, 2.45) is 34.0 Å². The molecule has 2 unspecified atom stereocenters. The molecule has 31 heavy (non-hydrogen) atoms. The molecule has 3 aliphatic carbocycles. The molecule has 0 aromatic carbocycles. The van der Waals surface area contributed by atoms with Gasteiger partial charge in [-0.3, -0.25) is 0 Å². The van der Waals surface area contributed by atoms with E-state index >= 15 is 0 Å². The van der Waals surface area contributed by atoms with Crippen molar-refractivity contribution in [2.75, 3.05) is 6.54 Å². The summed E-state index contributed by atoms with van der Waals surface area (Å²) in [5.74, 6) is 2.12. The molecule has 4 aliphatic rings. The molecule has 1 saturated carbocycles. The molecule has 2 nitrogen and oxygen atoms in total. The third-order valence-electron chi connectivity index (χ3n) is 11.2. The van der Waals surface area contributed by atoms with E-state index < -0.39 is 0 Å². The van der Waals surface area contributed by atoms with Crippen molar-refractivity contribution in [3.63, 3.8) is 0 Å². The fraction of sp³-hybridized carbons (Fsp3) is 0.862.